The monoisotopic (exact) mass is 343 g/mol. The minimum atomic E-state index is -0.174. The lowest BCUT2D eigenvalue weighted by atomic mass is 10.2. The minimum absolute atomic E-state index is 0.0156. The number of carbonyl (C=O) groups excluding carboxylic acids is 1. The first-order valence-electron chi connectivity index (χ1n) is 8.38. The molecular formula is C20H25NO4. The van der Waals surface area contributed by atoms with Crippen LogP contribution >= 0.6 is 0 Å². The summed E-state index contributed by atoms with van der Waals surface area (Å²) < 4.78 is 16.5. The van der Waals surface area contributed by atoms with Crippen molar-refractivity contribution in [3.05, 3.63) is 53.6 Å². The highest BCUT2D eigenvalue weighted by molar-refractivity contribution is 5.77. The lowest BCUT2D eigenvalue weighted by molar-refractivity contribution is -0.123. The fourth-order valence-corrected chi connectivity index (χ4v) is 2.26. The van der Waals surface area contributed by atoms with Crippen molar-refractivity contribution in [1.29, 1.82) is 0 Å². The van der Waals surface area contributed by atoms with Gasteiger partial charge in [0.2, 0.25) is 0 Å². The molecule has 0 unspecified atom stereocenters. The van der Waals surface area contributed by atoms with Crippen molar-refractivity contribution < 1.29 is 19.0 Å². The molecule has 1 N–H and O–H groups in total. The van der Waals surface area contributed by atoms with E-state index >= 15 is 0 Å². The largest absolute Gasteiger partial charge is 0.493 e. The third kappa shape index (κ3) is 6.03. The Bertz CT molecular complexity index is 700. The molecule has 0 aliphatic rings. The van der Waals surface area contributed by atoms with E-state index in [1.165, 1.54) is 0 Å². The SMILES string of the molecule is CCCOc1ccc(CNC(=O)COc2cccc(C)c2)cc1OC. The van der Waals surface area contributed by atoms with Crippen LogP contribution in [0.5, 0.6) is 17.2 Å². The second-order valence-electron chi connectivity index (χ2n) is 5.72. The molecule has 2 aromatic rings. The van der Waals surface area contributed by atoms with E-state index in [1.54, 1.807) is 7.11 Å². The highest BCUT2D eigenvalue weighted by Gasteiger charge is 2.07. The van der Waals surface area contributed by atoms with Crippen LogP contribution in [0.3, 0.4) is 0 Å². The number of aryl methyl sites for hydroxylation is 1. The van der Waals surface area contributed by atoms with E-state index in [1.807, 2.05) is 49.4 Å². The summed E-state index contributed by atoms with van der Waals surface area (Å²) in [4.78, 5) is 11.9. The smallest absolute Gasteiger partial charge is 0.258 e. The van der Waals surface area contributed by atoms with Gasteiger partial charge in [-0.3, -0.25) is 4.79 Å². The average molecular weight is 343 g/mol. The van der Waals surface area contributed by atoms with Crippen molar-refractivity contribution in [2.24, 2.45) is 0 Å². The lowest BCUT2D eigenvalue weighted by Gasteiger charge is -2.12. The van der Waals surface area contributed by atoms with Crippen LogP contribution < -0.4 is 19.5 Å². The summed E-state index contributed by atoms with van der Waals surface area (Å²) in [6.07, 6.45) is 0.932. The second-order valence-corrected chi connectivity index (χ2v) is 5.72. The van der Waals surface area contributed by atoms with E-state index in [9.17, 15) is 4.79 Å². The molecule has 0 aromatic heterocycles. The minimum Gasteiger partial charge on any atom is -0.493 e. The van der Waals surface area contributed by atoms with Crippen LogP contribution in [0.4, 0.5) is 0 Å². The summed E-state index contributed by atoms with van der Waals surface area (Å²) in [6, 6.07) is 13.2. The van der Waals surface area contributed by atoms with Gasteiger partial charge in [-0.2, -0.15) is 0 Å². The highest BCUT2D eigenvalue weighted by atomic mass is 16.5. The first-order valence-corrected chi connectivity index (χ1v) is 8.38. The summed E-state index contributed by atoms with van der Waals surface area (Å²) >= 11 is 0. The van der Waals surface area contributed by atoms with Gasteiger partial charge in [-0.05, 0) is 48.7 Å². The number of ether oxygens (including phenoxy) is 3. The van der Waals surface area contributed by atoms with Crippen LogP contribution in [0.2, 0.25) is 0 Å². The number of hydrogen-bond acceptors (Lipinski definition) is 4. The first kappa shape index (κ1) is 18.6. The summed E-state index contributed by atoms with van der Waals surface area (Å²) in [5.74, 6) is 1.89. The maximum Gasteiger partial charge on any atom is 0.258 e. The Morgan fingerprint density at radius 2 is 1.92 bits per heavy atom. The molecule has 25 heavy (non-hydrogen) atoms. The van der Waals surface area contributed by atoms with E-state index in [-0.39, 0.29) is 12.5 Å². The summed E-state index contributed by atoms with van der Waals surface area (Å²) in [5, 5.41) is 2.84. The Kier molecular flexibility index (Phi) is 7.14. The molecule has 5 nitrogen and oxygen atoms in total. The van der Waals surface area contributed by atoms with Crippen molar-refractivity contribution in [3.8, 4) is 17.2 Å². The molecule has 2 aromatic carbocycles. The standard InChI is InChI=1S/C20H25NO4/c1-4-10-24-18-9-8-16(12-19(18)23-3)13-21-20(22)14-25-17-7-5-6-15(2)11-17/h5-9,11-12H,4,10,13-14H2,1-3H3,(H,21,22). The van der Waals surface area contributed by atoms with Crippen LogP contribution in [0.1, 0.15) is 24.5 Å². The fourth-order valence-electron chi connectivity index (χ4n) is 2.26. The van der Waals surface area contributed by atoms with Gasteiger partial charge >= 0.3 is 0 Å². The molecule has 0 saturated carbocycles. The number of hydrogen-bond donors (Lipinski definition) is 1. The molecule has 0 bridgehead atoms. The molecule has 0 fully saturated rings. The number of amides is 1. The highest BCUT2D eigenvalue weighted by Crippen LogP contribution is 2.28. The zero-order valence-electron chi connectivity index (χ0n) is 15.0. The van der Waals surface area contributed by atoms with E-state index in [4.69, 9.17) is 14.2 Å². The molecule has 134 valence electrons. The first-order chi connectivity index (χ1) is 12.1. The van der Waals surface area contributed by atoms with Crippen LogP contribution in [0.25, 0.3) is 0 Å². The van der Waals surface area contributed by atoms with Gasteiger partial charge in [-0.25, -0.2) is 0 Å². The molecular weight excluding hydrogens is 318 g/mol. The van der Waals surface area contributed by atoms with Crippen molar-refractivity contribution in [2.45, 2.75) is 26.8 Å². The van der Waals surface area contributed by atoms with Crippen LogP contribution in [0, 0.1) is 6.92 Å². The van der Waals surface area contributed by atoms with Gasteiger partial charge in [0.15, 0.2) is 18.1 Å². The van der Waals surface area contributed by atoms with E-state index in [0.717, 1.165) is 17.5 Å². The third-order valence-corrected chi connectivity index (χ3v) is 3.54. The van der Waals surface area contributed by atoms with Gasteiger partial charge in [0.1, 0.15) is 5.75 Å². The Labute approximate surface area is 148 Å². The predicted molar refractivity (Wildman–Crippen MR) is 97.3 cm³/mol. The molecule has 1 amide bonds. The number of benzene rings is 2. The quantitative estimate of drug-likeness (QED) is 0.757. The van der Waals surface area contributed by atoms with Crippen molar-refractivity contribution in [2.75, 3.05) is 20.3 Å². The second kappa shape index (κ2) is 9.57. The summed E-state index contributed by atoms with van der Waals surface area (Å²) in [7, 11) is 1.60. The molecule has 2 rings (SSSR count). The number of methoxy groups -OCH3 is 1. The van der Waals surface area contributed by atoms with Gasteiger partial charge < -0.3 is 19.5 Å². The molecule has 0 atom stereocenters. The molecule has 0 radical (unpaired) electrons. The van der Waals surface area contributed by atoms with Gasteiger partial charge in [0.05, 0.1) is 13.7 Å². The maximum absolute atomic E-state index is 11.9. The number of nitrogens with one attached hydrogen (secondary N) is 1. The normalized spacial score (nSPS) is 10.2. The van der Waals surface area contributed by atoms with Crippen LogP contribution in [-0.4, -0.2) is 26.2 Å². The predicted octanol–water partition coefficient (Wildman–Crippen LogP) is 3.49. The molecule has 0 heterocycles. The third-order valence-electron chi connectivity index (χ3n) is 3.54. The summed E-state index contributed by atoms with van der Waals surface area (Å²) in [6.45, 7) is 5.06. The van der Waals surface area contributed by atoms with Crippen molar-refractivity contribution >= 4 is 5.91 Å². The van der Waals surface area contributed by atoms with Crippen molar-refractivity contribution in [1.82, 2.24) is 5.32 Å². The molecule has 0 aliphatic heterocycles. The fraction of sp³-hybridized carbons (Fsp3) is 0.350. The van der Waals surface area contributed by atoms with Gasteiger partial charge in [-0.1, -0.05) is 25.1 Å². The maximum atomic E-state index is 11.9. The van der Waals surface area contributed by atoms with Gasteiger partial charge in [0, 0.05) is 6.54 Å². The zero-order valence-corrected chi connectivity index (χ0v) is 15.0. The lowest BCUT2D eigenvalue weighted by Crippen LogP contribution is -2.28. The Morgan fingerprint density at radius 3 is 2.64 bits per heavy atom. The molecule has 0 aliphatic carbocycles. The van der Waals surface area contributed by atoms with Gasteiger partial charge in [0.25, 0.3) is 5.91 Å². The average Bonchev–Trinajstić information content (AvgIpc) is 2.63. The Morgan fingerprint density at radius 1 is 1.08 bits per heavy atom. The van der Waals surface area contributed by atoms with Crippen molar-refractivity contribution in [3.63, 3.8) is 0 Å². The van der Waals surface area contributed by atoms with E-state index < -0.39 is 0 Å². The number of carbonyl (C=O) groups is 1. The summed E-state index contributed by atoms with van der Waals surface area (Å²) in [5.41, 5.74) is 2.03. The van der Waals surface area contributed by atoms with E-state index in [2.05, 4.69) is 12.2 Å². The molecule has 0 spiro atoms. The van der Waals surface area contributed by atoms with Gasteiger partial charge in [-0.15, -0.1) is 0 Å². The van der Waals surface area contributed by atoms with Crippen LogP contribution in [-0.2, 0) is 11.3 Å². The molecule has 0 saturated heterocycles. The number of rotatable bonds is 9. The van der Waals surface area contributed by atoms with Crippen LogP contribution in [0.15, 0.2) is 42.5 Å². The zero-order chi connectivity index (χ0) is 18.1. The van der Waals surface area contributed by atoms with E-state index in [0.29, 0.717) is 30.4 Å². The topological polar surface area (TPSA) is 56.8 Å². The molecule has 5 heteroatoms. The Balaban J connectivity index is 1.84. The Hall–Kier alpha value is -2.69.